The van der Waals surface area contributed by atoms with Crippen molar-refractivity contribution in [1.82, 2.24) is 19.4 Å². The molecule has 0 aliphatic carbocycles. The molecule has 0 unspecified atom stereocenters. The van der Waals surface area contributed by atoms with Gasteiger partial charge in [-0.05, 0) is 24.5 Å². The van der Waals surface area contributed by atoms with E-state index in [4.69, 9.17) is 0 Å². The molecule has 0 bridgehead atoms. The summed E-state index contributed by atoms with van der Waals surface area (Å²) < 4.78 is 1.92. The first-order valence-corrected chi connectivity index (χ1v) is 7.62. The molecule has 3 heterocycles. The third kappa shape index (κ3) is 3.26. The Balaban J connectivity index is 2.04. The molecular weight excluding hydrogens is 290 g/mol. The van der Waals surface area contributed by atoms with E-state index in [1.165, 1.54) is 0 Å². The second-order valence-electron chi connectivity index (χ2n) is 6.94. The normalized spacial score (nSPS) is 11.8. The Morgan fingerprint density at radius 3 is 2.78 bits per heavy atom. The maximum Gasteiger partial charge on any atom is 0.226 e. The molecule has 0 spiro atoms. The number of aromatic amines is 1. The summed E-state index contributed by atoms with van der Waals surface area (Å²) in [6.07, 6.45) is 4.10. The average molecular weight is 311 g/mol. The summed E-state index contributed by atoms with van der Waals surface area (Å²) in [6.45, 7) is 8.05. The Kier molecular flexibility index (Phi) is 3.67. The summed E-state index contributed by atoms with van der Waals surface area (Å²) >= 11 is 0. The maximum atomic E-state index is 12.3. The zero-order valence-corrected chi connectivity index (χ0v) is 13.8. The predicted octanol–water partition coefficient (Wildman–Crippen LogP) is 3.41. The van der Waals surface area contributed by atoms with Crippen LogP contribution in [-0.4, -0.2) is 25.3 Å². The molecule has 0 saturated heterocycles. The van der Waals surface area contributed by atoms with E-state index >= 15 is 0 Å². The highest BCUT2D eigenvalue weighted by Crippen LogP contribution is 2.28. The third-order valence-corrected chi connectivity index (χ3v) is 3.41. The number of hydrogen-bond donors (Lipinski definition) is 2. The lowest BCUT2D eigenvalue weighted by atomic mass is 9.92. The van der Waals surface area contributed by atoms with Gasteiger partial charge in [0.25, 0.3) is 0 Å². The summed E-state index contributed by atoms with van der Waals surface area (Å²) in [5.41, 5.74) is 2.40. The van der Waals surface area contributed by atoms with Crippen molar-refractivity contribution < 1.29 is 4.79 Å². The Morgan fingerprint density at radius 1 is 1.35 bits per heavy atom. The van der Waals surface area contributed by atoms with Crippen molar-refractivity contribution in [2.24, 2.45) is 5.41 Å². The van der Waals surface area contributed by atoms with Crippen LogP contribution in [0.15, 0.2) is 30.6 Å². The number of aryl methyl sites for hydroxylation is 1. The van der Waals surface area contributed by atoms with E-state index in [1.807, 2.05) is 56.5 Å². The minimum atomic E-state index is -0.0787. The van der Waals surface area contributed by atoms with Crippen LogP contribution in [0.25, 0.3) is 17.2 Å². The van der Waals surface area contributed by atoms with E-state index in [0.29, 0.717) is 18.1 Å². The van der Waals surface area contributed by atoms with Crippen molar-refractivity contribution in [2.45, 2.75) is 34.1 Å². The van der Waals surface area contributed by atoms with Crippen molar-refractivity contribution >= 4 is 17.4 Å². The molecule has 6 heteroatoms. The predicted molar refractivity (Wildman–Crippen MR) is 90.2 cm³/mol. The average Bonchev–Trinajstić information content (AvgIpc) is 2.99. The fraction of sp³-hybridized carbons (Fsp3) is 0.353. The molecule has 0 aromatic carbocycles. The van der Waals surface area contributed by atoms with Crippen LogP contribution in [0.5, 0.6) is 0 Å². The number of amides is 1. The van der Waals surface area contributed by atoms with Gasteiger partial charge in [-0.1, -0.05) is 26.8 Å². The molecule has 6 nitrogen and oxygen atoms in total. The molecule has 0 aliphatic heterocycles. The van der Waals surface area contributed by atoms with Gasteiger partial charge in [0.05, 0.1) is 0 Å². The molecule has 0 fully saturated rings. The van der Waals surface area contributed by atoms with E-state index < -0.39 is 0 Å². The largest absolute Gasteiger partial charge is 0.341 e. The summed E-state index contributed by atoms with van der Waals surface area (Å²) in [6, 6.07) is 5.74. The van der Waals surface area contributed by atoms with Crippen LogP contribution in [0, 0.1) is 12.3 Å². The lowest BCUT2D eigenvalue weighted by Gasteiger charge is -2.16. The first kappa shape index (κ1) is 15.3. The molecule has 2 N–H and O–H groups in total. The van der Waals surface area contributed by atoms with E-state index in [-0.39, 0.29) is 11.3 Å². The SMILES string of the molecule is Cc1cnc(-c2c(NC(=O)CC(C)(C)C)nc3ccccn23)[nH]1. The summed E-state index contributed by atoms with van der Waals surface area (Å²) in [5.74, 6) is 1.16. The lowest BCUT2D eigenvalue weighted by Crippen LogP contribution is -2.20. The van der Waals surface area contributed by atoms with Crippen molar-refractivity contribution in [3.63, 3.8) is 0 Å². The molecular formula is C17H21N5O. The van der Waals surface area contributed by atoms with Gasteiger partial charge in [0.15, 0.2) is 11.6 Å². The van der Waals surface area contributed by atoms with Gasteiger partial charge in [0.1, 0.15) is 11.3 Å². The van der Waals surface area contributed by atoms with Gasteiger partial charge in [-0.2, -0.15) is 0 Å². The lowest BCUT2D eigenvalue weighted by molar-refractivity contribution is -0.117. The first-order chi connectivity index (χ1) is 10.8. The fourth-order valence-corrected chi connectivity index (χ4v) is 2.50. The van der Waals surface area contributed by atoms with Gasteiger partial charge in [-0.3, -0.25) is 9.20 Å². The number of imidazole rings is 2. The van der Waals surface area contributed by atoms with Gasteiger partial charge in [0.2, 0.25) is 5.91 Å². The minimum Gasteiger partial charge on any atom is -0.341 e. The zero-order chi connectivity index (χ0) is 16.6. The quantitative estimate of drug-likeness (QED) is 0.778. The second kappa shape index (κ2) is 5.53. The number of nitrogens with one attached hydrogen (secondary N) is 2. The maximum absolute atomic E-state index is 12.3. The van der Waals surface area contributed by atoms with Gasteiger partial charge in [0, 0.05) is 24.5 Å². The van der Waals surface area contributed by atoms with Crippen LogP contribution in [0.4, 0.5) is 5.82 Å². The van der Waals surface area contributed by atoms with Gasteiger partial charge in [-0.25, -0.2) is 9.97 Å². The number of carbonyl (C=O) groups is 1. The highest BCUT2D eigenvalue weighted by atomic mass is 16.1. The molecule has 120 valence electrons. The number of anilines is 1. The van der Waals surface area contributed by atoms with Crippen molar-refractivity contribution in [3.8, 4) is 11.5 Å². The van der Waals surface area contributed by atoms with E-state index in [2.05, 4.69) is 20.3 Å². The third-order valence-electron chi connectivity index (χ3n) is 3.41. The van der Waals surface area contributed by atoms with Crippen LogP contribution in [-0.2, 0) is 4.79 Å². The van der Waals surface area contributed by atoms with Crippen LogP contribution < -0.4 is 5.32 Å². The molecule has 1 amide bonds. The summed E-state index contributed by atoms with van der Waals surface area (Å²) in [7, 11) is 0. The van der Waals surface area contributed by atoms with Crippen LogP contribution in [0.2, 0.25) is 0 Å². The molecule has 3 rings (SSSR count). The Bertz CT molecular complexity index is 853. The van der Waals surface area contributed by atoms with Crippen LogP contribution >= 0.6 is 0 Å². The number of hydrogen-bond acceptors (Lipinski definition) is 3. The molecule has 0 atom stereocenters. The summed E-state index contributed by atoms with van der Waals surface area (Å²) in [5, 5.41) is 2.93. The fourth-order valence-electron chi connectivity index (χ4n) is 2.50. The van der Waals surface area contributed by atoms with Crippen molar-refractivity contribution in [1.29, 1.82) is 0 Å². The molecule has 3 aromatic heterocycles. The minimum absolute atomic E-state index is 0.0505. The monoisotopic (exact) mass is 311 g/mol. The van der Waals surface area contributed by atoms with Crippen molar-refractivity contribution in [2.75, 3.05) is 5.32 Å². The molecule has 0 aliphatic rings. The number of rotatable bonds is 3. The number of carbonyl (C=O) groups excluding carboxylic acids is 1. The van der Waals surface area contributed by atoms with Gasteiger partial charge in [-0.15, -0.1) is 0 Å². The van der Waals surface area contributed by atoms with E-state index in [9.17, 15) is 4.79 Å². The Labute approximate surface area is 135 Å². The van der Waals surface area contributed by atoms with Crippen LogP contribution in [0.3, 0.4) is 0 Å². The second-order valence-corrected chi connectivity index (χ2v) is 6.94. The highest BCUT2D eigenvalue weighted by Gasteiger charge is 2.21. The topological polar surface area (TPSA) is 75.1 Å². The number of fused-ring (bicyclic) bond motifs is 1. The first-order valence-electron chi connectivity index (χ1n) is 7.62. The standard InChI is InChI=1S/C17H21N5O/c1-11-10-18-15(19-11)14-16(21-13(23)9-17(2,3)4)20-12-7-5-6-8-22(12)14/h5-8,10H,9H2,1-4H3,(H,18,19)(H,21,23). The molecule has 23 heavy (non-hydrogen) atoms. The van der Waals surface area contributed by atoms with Crippen LogP contribution in [0.1, 0.15) is 32.9 Å². The van der Waals surface area contributed by atoms with Gasteiger partial charge < -0.3 is 10.3 Å². The van der Waals surface area contributed by atoms with Crippen molar-refractivity contribution in [3.05, 3.63) is 36.3 Å². The molecule has 0 saturated carbocycles. The van der Waals surface area contributed by atoms with E-state index in [1.54, 1.807) is 6.20 Å². The Hall–Kier alpha value is -2.63. The number of aromatic nitrogens is 4. The van der Waals surface area contributed by atoms with Gasteiger partial charge >= 0.3 is 0 Å². The molecule has 3 aromatic rings. The smallest absolute Gasteiger partial charge is 0.226 e. The number of pyridine rings is 1. The molecule has 0 radical (unpaired) electrons. The number of nitrogens with zero attached hydrogens (tertiary/aromatic N) is 3. The highest BCUT2D eigenvalue weighted by molar-refractivity contribution is 5.94. The van der Waals surface area contributed by atoms with E-state index in [0.717, 1.165) is 17.0 Å². The summed E-state index contributed by atoms with van der Waals surface area (Å²) in [4.78, 5) is 24.4. The number of H-pyrrole nitrogens is 1. The zero-order valence-electron chi connectivity index (χ0n) is 13.8. The Morgan fingerprint density at radius 2 is 2.13 bits per heavy atom.